The van der Waals surface area contributed by atoms with Crippen LogP contribution < -0.4 is 14.8 Å². The van der Waals surface area contributed by atoms with E-state index in [0.717, 1.165) is 0 Å². The summed E-state index contributed by atoms with van der Waals surface area (Å²) in [5.41, 5.74) is 0.752. The number of ether oxygens (including phenoxy) is 2. The lowest BCUT2D eigenvalue weighted by Gasteiger charge is -2.18. The van der Waals surface area contributed by atoms with Gasteiger partial charge >= 0.3 is 0 Å². The van der Waals surface area contributed by atoms with E-state index in [9.17, 15) is 14.4 Å². The number of Topliss-reactive ketones (excluding diaryl/α,β-unsaturated/α-hetero) is 1. The molecule has 0 atom stereocenters. The first-order valence-corrected chi connectivity index (χ1v) is 7.91. The van der Waals surface area contributed by atoms with Crippen molar-refractivity contribution in [2.24, 2.45) is 0 Å². The molecule has 1 aromatic rings. The van der Waals surface area contributed by atoms with Crippen molar-refractivity contribution < 1.29 is 23.9 Å². The maximum atomic E-state index is 12.2. The Hall–Kier alpha value is -2.61. The molecule has 1 aliphatic rings. The SMILES string of the molecule is CC(=O)c1cc2c(cc1NC(=O)CN(C)CCC(=O)N(C)C)OCO2. The molecule has 0 fully saturated rings. The van der Waals surface area contributed by atoms with E-state index in [1.807, 2.05) is 0 Å². The molecule has 0 bridgehead atoms. The summed E-state index contributed by atoms with van der Waals surface area (Å²) in [5, 5.41) is 2.73. The average Bonchev–Trinajstić information content (AvgIpc) is 2.98. The second kappa shape index (κ2) is 7.98. The molecule has 1 N–H and O–H groups in total. The van der Waals surface area contributed by atoms with Gasteiger partial charge < -0.3 is 19.7 Å². The summed E-state index contributed by atoms with van der Waals surface area (Å²) >= 11 is 0. The molecule has 1 heterocycles. The number of carbonyl (C=O) groups is 3. The van der Waals surface area contributed by atoms with Crippen molar-refractivity contribution in [3.8, 4) is 11.5 Å². The molecule has 2 amide bonds. The zero-order chi connectivity index (χ0) is 18.6. The number of nitrogens with one attached hydrogen (secondary N) is 1. The molecule has 136 valence electrons. The second-order valence-corrected chi connectivity index (χ2v) is 6.13. The van der Waals surface area contributed by atoms with Crippen LogP contribution in [0.25, 0.3) is 0 Å². The van der Waals surface area contributed by atoms with Crippen LogP contribution in [0.5, 0.6) is 11.5 Å². The molecule has 8 nitrogen and oxygen atoms in total. The topological polar surface area (TPSA) is 88.2 Å². The van der Waals surface area contributed by atoms with Crippen LogP contribution in [0.2, 0.25) is 0 Å². The number of nitrogens with zero attached hydrogens (tertiary/aromatic N) is 2. The minimum atomic E-state index is -0.277. The Kier molecular flexibility index (Phi) is 5.97. The fourth-order valence-electron chi connectivity index (χ4n) is 2.36. The van der Waals surface area contributed by atoms with E-state index in [1.54, 1.807) is 38.2 Å². The number of likely N-dealkylation sites (N-methyl/N-ethyl adjacent to an activating group) is 1. The van der Waals surface area contributed by atoms with E-state index in [1.165, 1.54) is 11.8 Å². The molecule has 1 aromatic carbocycles. The van der Waals surface area contributed by atoms with Crippen molar-refractivity contribution in [2.45, 2.75) is 13.3 Å². The van der Waals surface area contributed by atoms with Gasteiger partial charge in [-0.15, -0.1) is 0 Å². The standard InChI is InChI=1S/C17H23N3O5/c1-11(21)12-7-14-15(25-10-24-14)8-13(12)18-16(22)9-20(4)6-5-17(23)19(2)3/h7-8H,5-6,9-10H2,1-4H3,(H,18,22). The van der Waals surface area contributed by atoms with Crippen LogP contribution in [-0.4, -0.2) is 68.4 Å². The lowest BCUT2D eigenvalue weighted by molar-refractivity contribution is -0.129. The lowest BCUT2D eigenvalue weighted by atomic mass is 10.1. The normalized spacial score (nSPS) is 12.2. The van der Waals surface area contributed by atoms with Gasteiger partial charge in [0.15, 0.2) is 17.3 Å². The van der Waals surface area contributed by atoms with Gasteiger partial charge in [0.05, 0.1) is 12.2 Å². The number of rotatable bonds is 7. The van der Waals surface area contributed by atoms with Crippen LogP contribution in [0.1, 0.15) is 23.7 Å². The third-order valence-electron chi connectivity index (χ3n) is 3.79. The van der Waals surface area contributed by atoms with Gasteiger partial charge in [-0.1, -0.05) is 0 Å². The van der Waals surface area contributed by atoms with Crippen molar-refractivity contribution in [3.05, 3.63) is 17.7 Å². The summed E-state index contributed by atoms with van der Waals surface area (Å²) < 4.78 is 10.5. The Morgan fingerprint density at radius 2 is 1.76 bits per heavy atom. The third kappa shape index (κ3) is 4.93. The molecule has 0 saturated heterocycles. The van der Waals surface area contributed by atoms with Crippen LogP contribution in [0.3, 0.4) is 0 Å². The predicted molar refractivity (Wildman–Crippen MR) is 92.0 cm³/mol. The zero-order valence-corrected chi connectivity index (χ0v) is 14.9. The molecule has 0 aliphatic carbocycles. The summed E-state index contributed by atoms with van der Waals surface area (Å²) in [7, 11) is 5.14. The van der Waals surface area contributed by atoms with E-state index in [0.29, 0.717) is 35.7 Å². The Morgan fingerprint density at radius 3 is 2.36 bits per heavy atom. The van der Waals surface area contributed by atoms with Crippen molar-refractivity contribution in [1.29, 1.82) is 0 Å². The van der Waals surface area contributed by atoms with E-state index in [4.69, 9.17) is 9.47 Å². The van der Waals surface area contributed by atoms with E-state index >= 15 is 0 Å². The molecule has 0 spiro atoms. The van der Waals surface area contributed by atoms with Crippen LogP contribution in [0, 0.1) is 0 Å². The largest absolute Gasteiger partial charge is 0.454 e. The minimum Gasteiger partial charge on any atom is -0.454 e. The average molecular weight is 349 g/mol. The first-order valence-electron chi connectivity index (χ1n) is 7.91. The summed E-state index contributed by atoms with van der Waals surface area (Å²) in [5.74, 6) is 0.523. The van der Waals surface area contributed by atoms with Gasteiger partial charge in [-0.05, 0) is 20.0 Å². The number of amides is 2. The van der Waals surface area contributed by atoms with Crippen molar-refractivity contribution in [1.82, 2.24) is 9.80 Å². The number of hydrogen-bond acceptors (Lipinski definition) is 6. The number of carbonyl (C=O) groups excluding carboxylic acids is 3. The van der Waals surface area contributed by atoms with Crippen molar-refractivity contribution in [2.75, 3.05) is 46.3 Å². The molecule has 0 radical (unpaired) electrons. The Balaban J connectivity index is 1.98. The number of benzene rings is 1. The fraction of sp³-hybridized carbons (Fsp3) is 0.471. The molecule has 0 aromatic heterocycles. The first kappa shape index (κ1) is 18.7. The molecular weight excluding hydrogens is 326 g/mol. The Labute approximate surface area is 146 Å². The lowest BCUT2D eigenvalue weighted by Crippen LogP contribution is -2.33. The maximum Gasteiger partial charge on any atom is 0.238 e. The number of anilines is 1. The summed E-state index contributed by atoms with van der Waals surface area (Å²) in [4.78, 5) is 38.9. The highest BCUT2D eigenvalue weighted by atomic mass is 16.7. The summed E-state index contributed by atoms with van der Waals surface area (Å²) in [6, 6.07) is 3.16. The molecule has 0 unspecified atom stereocenters. The number of hydrogen-bond donors (Lipinski definition) is 1. The van der Waals surface area contributed by atoms with Gasteiger partial charge in [-0.2, -0.15) is 0 Å². The smallest absolute Gasteiger partial charge is 0.238 e. The highest BCUT2D eigenvalue weighted by Crippen LogP contribution is 2.37. The van der Waals surface area contributed by atoms with Gasteiger partial charge in [0.2, 0.25) is 18.6 Å². The quantitative estimate of drug-likeness (QED) is 0.738. The number of fused-ring (bicyclic) bond motifs is 1. The van der Waals surface area contributed by atoms with Crippen molar-refractivity contribution >= 4 is 23.3 Å². The van der Waals surface area contributed by atoms with Gasteiger partial charge in [0.25, 0.3) is 0 Å². The summed E-state index contributed by atoms with van der Waals surface area (Å²) in [6.07, 6.45) is 0.333. The van der Waals surface area contributed by atoms with Gasteiger partial charge in [-0.25, -0.2) is 0 Å². The Morgan fingerprint density at radius 1 is 1.12 bits per heavy atom. The van der Waals surface area contributed by atoms with E-state index in [2.05, 4.69) is 5.32 Å². The molecular formula is C17H23N3O5. The molecule has 1 aliphatic heterocycles. The van der Waals surface area contributed by atoms with Crippen molar-refractivity contribution in [3.63, 3.8) is 0 Å². The van der Waals surface area contributed by atoms with Gasteiger partial charge in [0.1, 0.15) is 0 Å². The fourth-order valence-corrected chi connectivity index (χ4v) is 2.36. The van der Waals surface area contributed by atoms with Gasteiger partial charge in [-0.3, -0.25) is 19.3 Å². The van der Waals surface area contributed by atoms with E-state index in [-0.39, 0.29) is 30.9 Å². The Bertz CT molecular complexity index is 687. The highest BCUT2D eigenvalue weighted by Gasteiger charge is 2.20. The van der Waals surface area contributed by atoms with Crippen LogP contribution in [0.4, 0.5) is 5.69 Å². The zero-order valence-electron chi connectivity index (χ0n) is 14.9. The molecule has 8 heteroatoms. The first-order chi connectivity index (χ1) is 11.8. The monoisotopic (exact) mass is 349 g/mol. The third-order valence-corrected chi connectivity index (χ3v) is 3.79. The second-order valence-electron chi connectivity index (χ2n) is 6.13. The minimum absolute atomic E-state index is 0.00175. The van der Waals surface area contributed by atoms with Crippen LogP contribution >= 0.6 is 0 Å². The summed E-state index contributed by atoms with van der Waals surface area (Å²) in [6.45, 7) is 2.08. The highest BCUT2D eigenvalue weighted by molar-refractivity contribution is 6.05. The number of ketones is 1. The molecule has 2 rings (SSSR count). The van der Waals surface area contributed by atoms with Gasteiger partial charge in [0, 0.05) is 38.7 Å². The maximum absolute atomic E-state index is 12.2. The molecule has 0 saturated carbocycles. The predicted octanol–water partition coefficient (Wildman–Crippen LogP) is 0.966. The van der Waals surface area contributed by atoms with Crippen LogP contribution in [-0.2, 0) is 9.59 Å². The molecule has 25 heavy (non-hydrogen) atoms. The van der Waals surface area contributed by atoms with E-state index < -0.39 is 0 Å². The van der Waals surface area contributed by atoms with Crippen LogP contribution in [0.15, 0.2) is 12.1 Å².